The van der Waals surface area contributed by atoms with Gasteiger partial charge in [-0.1, -0.05) is 56.5 Å². The summed E-state index contributed by atoms with van der Waals surface area (Å²) in [6.07, 6.45) is 5.18. The predicted octanol–water partition coefficient (Wildman–Crippen LogP) is 2.60. The predicted molar refractivity (Wildman–Crippen MR) is 77.5 cm³/mol. The molecule has 1 saturated carbocycles. The van der Waals surface area contributed by atoms with Crippen LogP contribution in [0.1, 0.15) is 44.6 Å². The molecule has 2 unspecified atom stereocenters. The summed E-state index contributed by atoms with van der Waals surface area (Å²) in [4.78, 5) is 11.9. The van der Waals surface area contributed by atoms with E-state index in [1.54, 1.807) is 0 Å². The van der Waals surface area contributed by atoms with Crippen LogP contribution in [0.2, 0.25) is 0 Å². The maximum atomic E-state index is 11.9. The zero-order valence-corrected chi connectivity index (χ0v) is 11.7. The van der Waals surface area contributed by atoms with Crippen LogP contribution in [0.25, 0.3) is 0 Å². The lowest BCUT2D eigenvalue weighted by Gasteiger charge is -2.39. The van der Waals surface area contributed by atoms with E-state index in [1.807, 2.05) is 18.2 Å². The van der Waals surface area contributed by atoms with E-state index in [9.17, 15) is 4.79 Å². The molecule has 3 heteroatoms. The molecule has 0 aliphatic heterocycles. The summed E-state index contributed by atoms with van der Waals surface area (Å²) in [7, 11) is 0. The Balaban J connectivity index is 2.05. The van der Waals surface area contributed by atoms with Crippen LogP contribution >= 0.6 is 0 Å². The van der Waals surface area contributed by atoms with Gasteiger partial charge in [-0.15, -0.1) is 0 Å². The van der Waals surface area contributed by atoms with E-state index in [4.69, 9.17) is 5.73 Å². The van der Waals surface area contributed by atoms with Crippen molar-refractivity contribution < 1.29 is 4.79 Å². The first kappa shape index (κ1) is 14.1. The van der Waals surface area contributed by atoms with E-state index in [1.165, 1.54) is 12.0 Å². The van der Waals surface area contributed by atoms with E-state index >= 15 is 0 Å². The number of primary amides is 1. The number of hydrogen-bond donors (Lipinski definition) is 2. The van der Waals surface area contributed by atoms with Crippen molar-refractivity contribution in [2.75, 3.05) is 0 Å². The van der Waals surface area contributed by atoms with Gasteiger partial charge in [0.1, 0.15) is 0 Å². The summed E-state index contributed by atoms with van der Waals surface area (Å²) < 4.78 is 0. The lowest BCUT2D eigenvalue weighted by atomic mass is 9.74. The second kappa shape index (κ2) is 6.20. The van der Waals surface area contributed by atoms with Crippen LogP contribution in [0.4, 0.5) is 0 Å². The second-order valence-electron chi connectivity index (χ2n) is 5.66. The molecule has 0 spiro atoms. The highest BCUT2D eigenvalue weighted by Crippen LogP contribution is 2.34. The number of carbonyl (C=O) groups is 1. The third kappa shape index (κ3) is 3.35. The maximum absolute atomic E-state index is 11.9. The standard InChI is InChI=1S/C16H24N2O/c1-2-13-9-6-10-16(11-13,15(17)19)18-12-14-7-4-3-5-8-14/h3-5,7-8,13,18H,2,6,9-12H2,1H3,(H2,17,19). The zero-order chi connectivity index (χ0) is 13.7. The molecule has 1 aromatic carbocycles. The second-order valence-corrected chi connectivity index (χ2v) is 5.66. The summed E-state index contributed by atoms with van der Waals surface area (Å²) in [6, 6.07) is 10.2. The van der Waals surface area contributed by atoms with Crippen LogP contribution < -0.4 is 11.1 Å². The Labute approximate surface area is 115 Å². The number of carbonyl (C=O) groups excluding carboxylic acids is 1. The normalized spacial score (nSPS) is 27.1. The molecule has 0 aromatic heterocycles. The first-order valence-corrected chi connectivity index (χ1v) is 7.25. The molecule has 2 rings (SSSR count). The molecule has 19 heavy (non-hydrogen) atoms. The van der Waals surface area contributed by atoms with E-state index in [0.29, 0.717) is 12.5 Å². The molecule has 2 atom stereocenters. The molecule has 0 heterocycles. The Kier molecular flexibility index (Phi) is 4.59. The summed E-state index contributed by atoms with van der Waals surface area (Å²) in [5.41, 5.74) is 6.37. The number of hydrogen-bond acceptors (Lipinski definition) is 2. The number of nitrogens with two attached hydrogens (primary N) is 1. The number of nitrogens with one attached hydrogen (secondary N) is 1. The van der Waals surface area contributed by atoms with Gasteiger partial charge >= 0.3 is 0 Å². The average Bonchev–Trinajstić information content (AvgIpc) is 2.46. The van der Waals surface area contributed by atoms with E-state index < -0.39 is 5.54 Å². The van der Waals surface area contributed by atoms with Gasteiger partial charge in [-0.2, -0.15) is 0 Å². The Morgan fingerprint density at radius 1 is 1.42 bits per heavy atom. The molecule has 1 aliphatic rings. The molecular weight excluding hydrogens is 236 g/mol. The van der Waals surface area contributed by atoms with Crippen molar-refractivity contribution in [1.82, 2.24) is 5.32 Å². The van der Waals surface area contributed by atoms with Crippen molar-refractivity contribution in [3.63, 3.8) is 0 Å². The molecule has 3 N–H and O–H groups in total. The van der Waals surface area contributed by atoms with Gasteiger partial charge in [-0.3, -0.25) is 10.1 Å². The first-order valence-electron chi connectivity index (χ1n) is 7.25. The van der Waals surface area contributed by atoms with Crippen LogP contribution in [0, 0.1) is 5.92 Å². The van der Waals surface area contributed by atoms with E-state index in [0.717, 1.165) is 25.7 Å². The third-order valence-corrected chi connectivity index (χ3v) is 4.38. The summed E-state index contributed by atoms with van der Waals surface area (Å²) >= 11 is 0. The van der Waals surface area contributed by atoms with Gasteiger partial charge in [0.2, 0.25) is 5.91 Å². The van der Waals surface area contributed by atoms with Crippen LogP contribution in [0.15, 0.2) is 30.3 Å². The Morgan fingerprint density at radius 2 is 2.16 bits per heavy atom. The molecule has 104 valence electrons. The molecular formula is C16H24N2O. The minimum absolute atomic E-state index is 0.193. The van der Waals surface area contributed by atoms with Crippen molar-refractivity contribution in [3.8, 4) is 0 Å². The van der Waals surface area contributed by atoms with Gasteiger partial charge in [0, 0.05) is 6.54 Å². The van der Waals surface area contributed by atoms with Crippen molar-refractivity contribution >= 4 is 5.91 Å². The molecule has 1 aromatic rings. The highest BCUT2D eigenvalue weighted by Gasteiger charge is 2.40. The third-order valence-electron chi connectivity index (χ3n) is 4.38. The highest BCUT2D eigenvalue weighted by molar-refractivity contribution is 5.84. The molecule has 3 nitrogen and oxygen atoms in total. The van der Waals surface area contributed by atoms with Gasteiger partial charge in [0.15, 0.2) is 0 Å². The van der Waals surface area contributed by atoms with Crippen molar-refractivity contribution in [2.45, 2.75) is 51.1 Å². The molecule has 1 fully saturated rings. The minimum Gasteiger partial charge on any atom is -0.368 e. The number of rotatable bonds is 5. The molecule has 1 amide bonds. The minimum atomic E-state index is -0.505. The maximum Gasteiger partial charge on any atom is 0.237 e. The summed E-state index contributed by atoms with van der Waals surface area (Å²) in [5, 5.41) is 3.44. The number of benzene rings is 1. The van der Waals surface area contributed by atoms with Gasteiger partial charge in [0.25, 0.3) is 0 Å². The quantitative estimate of drug-likeness (QED) is 0.855. The average molecular weight is 260 g/mol. The fourth-order valence-corrected chi connectivity index (χ4v) is 3.08. The van der Waals surface area contributed by atoms with Gasteiger partial charge in [-0.25, -0.2) is 0 Å². The van der Waals surface area contributed by atoms with Crippen molar-refractivity contribution in [3.05, 3.63) is 35.9 Å². The lowest BCUT2D eigenvalue weighted by Crippen LogP contribution is -2.57. The van der Waals surface area contributed by atoms with Gasteiger partial charge in [-0.05, 0) is 24.3 Å². The first-order chi connectivity index (χ1) is 9.16. The monoisotopic (exact) mass is 260 g/mol. The number of amides is 1. The van der Waals surface area contributed by atoms with Crippen molar-refractivity contribution in [2.24, 2.45) is 11.7 Å². The van der Waals surface area contributed by atoms with Crippen LogP contribution in [-0.2, 0) is 11.3 Å². The van der Waals surface area contributed by atoms with Crippen LogP contribution in [0.3, 0.4) is 0 Å². The molecule has 1 aliphatic carbocycles. The lowest BCUT2D eigenvalue weighted by molar-refractivity contribution is -0.126. The summed E-state index contributed by atoms with van der Waals surface area (Å²) in [6.45, 7) is 2.90. The van der Waals surface area contributed by atoms with Crippen molar-refractivity contribution in [1.29, 1.82) is 0 Å². The van der Waals surface area contributed by atoms with Crippen LogP contribution in [0.5, 0.6) is 0 Å². The fourth-order valence-electron chi connectivity index (χ4n) is 3.08. The molecule has 0 saturated heterocycles. The van der Waals surface area contributed by atoms with Gasteiger partial charge < -0.3 is 5.73 Å². The topological polar surface area (TPSA) is 55.1 Å². The smallest absolute Gasteiger partial charge is 0.237 e. The molecule has 0 bridgehead atoms. The SMILES string of the molecule is CCC1CCCC(NCc2ccccc2)(C(N)=O)C1. The largest absolute Gasteiger partial charge is 0.368 e. The summed E-state index contributed by atoms with van der Waals surface area (Å²) in [5.74, 6) is 0.422. The Hall–Kier alpha value is -1.35. The fraction of sp³-hybridized carbons (Fsp3) is 0.562. The van der Waals surface area contributed by atoms with Gasteiger partial charge in [0.05, 0.1) is 5.54 Å². The highest BCUT2D eigenvalue weighted by atomic mass is 16.1. The molecule has 0 radical (unpaired) electrons. The van der Waals surface area contributed by atoms with Crippen LogP contribution in [-0.4, -0.2) is 11.4 Å². The Morgan fingerprint density at radius 3 is 2.79 bits per heavy atom. The van der Waals surface area contributed by atoms with E-state index in [-0.39, 0.29) is 5.91 Å². The Bertz CT molecular complexity index is 418. The van der Waals surface area contributed by atoms with E-state index in [2.05, 4.69) is 24.4 Å². The zero-order valence-electron chi connectivity index (χ0n) is 11.7.